The van der Waals surface area contributed by atoms with Crippen molar-refractivity contribution in [3.05, 3.63) is 47.3 Å². The molecule has 132 valence electrons. The maximum absolute atomic E-state index is 11.8. The monoisotopic (exact) mass is 358 g/mol. The maximum Gasteiger partial charge on any atom is 0.250 e. The molecule has 2 rings (SSSR count). The van der Waals surface area contributed by atoms with Gasteiger partial charge in [0.1, 0.15) is 5.75 Å². The van der Waals surface area contributed by atoms with Crippen LogP contribution in [0.1, 0.15) is 30.8 Å². The summed E-state index contributed by atoms with van der Waals surface area (Å²) in [6.07, 6.45) is 1.73. The summed E-state index contributed by atoms with van der Waals surface area (Å²) in [7, 11) is 0. The Labute approximate surface area is 152 Å². The van der Waals surface area contributed by atoms with Crippen LogP contribution >= 0.6 is 11.8 Å². The van der Waals surface area contributed by atoms with Gasteiger partial charge in [-0.25, -0.2) is 15.4 Å². The first-order chi connectivity index (χ1) is 11.9. The van der Waals surface area contributed by atoms with Crippen molar-refractivity contribution in [2.24, 2.45) is 5.10 Å². The number of ether oxygens (including phenoxy) is 1. The minimum atomic E-state index is -0.205. The third-order valence-electron chi connectivity index (χ3n) is 2.95. The minimum absolute atomic E-state index is 0.137. The number of carbonyl (C=O) groups is 1. The molecule has 0 saturated carbocycles. The fraction of sp³-hybridized carbons (Fsp3) is 0.333. The van der Waals surface area contributed by atoms with Crippen LogP contribution in [-0.2, 0) is 4.79 Å². The summed E-state index contributed by atoms with van der Waals surface area (Å²) in [6.45, 7) is 7.76. The first-order valence-corrected chi connectivity index (χ1v) is 8.94. The van der Waals surface area contributed by atoms with Crippen LogP contribution in [-0.4, -0.2) is 33.9 Å². The van der Waals surface area contributed by atoms with Gasteiger partial charge in [0.25, 0.3) is 5.91 Å². The van der Waals surface area contributed by atoms with Crippen molar-refractivity contribution in [2.75, 3.05) is 5.75 Å². The third kappa shape index (κ3) is 6.93. The van der Waals surface area contributed by atoms with E-state index in [9.17, 15) is 4.79 Å². The maximum atomic E-state index is 11.8. The lowest BCUT2D eigenvalue weighted by Gasteiger charge is -2.09. The summed E-state index contributed by atoms with van der Waals surface area (Å²) < 4.78 is 5.57. The molecule has 0 aliphatic carbocycles. The highest BCUT2D eigenvalue weighted by atomic mass is 32.2. The van der Waals surface area contributed by atoms with Crippen molar-refractivity contribution in [3.63, 3.8) is 0 Å². The molecular formula is C18H22N4O2S. The van der Waals surface area contributed by atoms with Gasteiger partial charge in [-0.05, 0) is 63.6 Å². The van der Waals surface area contributed by atoms with Gasteiger partial charge in [0.05, 0.1) is 18.1 Å². The first-order valence-electron chi connectivity index (χ1n) is 7.96. The van der Waals surface area contributed by atoms with Crippen molar-refractivity contribution < 1.29 is 9.53 Å². The van der Waals surface area contributed by atoms with Crippen LogP contribution in [0.15, 0.2) is 40.6 Å². The molecule has 0 radical (unpaired) electrons. The Bertz CT molecular complexity index is 725. The molecule has 1 N–H and O–H groups in total. The van der Waals surface area contributed by atoms with E-state index >= 15 is 0 Å². The SMILES string of the molecule is Cc1cc(C)nc(SCC(=O)N/N=C/c2ccc(OC(C)C)cc2)n1. The normalized spacial score (nSPS) is 11.1. The quantitative estimate of drug-likeness (QED) is 0.356. The second kappa shape index (κ2) is 9.17. The predicted molar refractivity (Wildman–Crippen MR) is 100 cm³/mol. The highest BCUT2D eigenvalue weighted by Crippen LogP contribution is 2.14. The van der Waals surface area contributed by atoms with Gasteiger partial charge in [-0.3, -0.25) is 4.79 Å². The number of carbonyl (C=O) groups excluding carboxylic acids is 1. The number of aryl methyl sites for hydroxylation is 2. The van der Waals surface area contributed by atoms with Crippen LogP contribution in [0.2, 0.25) is 0 Å². The fourth-order valence-corrected chi connectivity index (χ4v) is 2.75. The molecule has 7 heteroatoms. The van der Waals surface area contributed by atoms with Crippen LogP contribution in [0.4, 0.5) is 0 Å². The van der Waals surface area contributed by atoms with Crippen molar-refractivity contribution in [3.8, 4) is 5.75 Å². The highest BCUT2D eigenvalue weighted by Gasteiger charge is 2.05. The van der Waals surface area contributed by atoms with Crippen molar-refractivity contribution in [1.29, 1.82) is 0 Å². The van der Waals surface area contributed by atoms with Gasteiger partial charge in [0.2, 0.25) is 0 Å². The molecule has 0 aliphatic heterocycles. The van der Waals surface area contributed by atoms with Gasteiger partial charge in [0, 0.05) is 11.4 Å². The number of nitrogens with zero attached hydrogens (tertiary/aromatic N) is 3. The van der Waals surface area contributed by atoms with E-state index in [0.29, 0.717) is 5.16 Å². The molecule has 0 fully saturated rings. The molecule has 0 saturated heterocycles. The molecular weight excluding hydrogens is 336 g/mol. The number of benzene rings is 1. The number of hydrogen-bond donors (Lipinski definition) is 1. The van der Waals surface area contributed by atoms with E-state index in [1.165, 1.54) is 11.8 Å². The average molecular weight is 358 g/mol. The lowest BCUT2D eigenvalue weighted by Crippen LogP contribution is -2.19. The van der Waals surface area contributed by atoms with E-state index in [1.54, 1.807) is 6.21 Å². The van der Waals surface area contributed by atoms with E-state index in [1.807, 2.05) is 58.0 Å². The summed E-state index contributed by atoms with van der Waals surface area (Å²) in [5.74, 6) is 0.811. The molecule has 25 heavy (non-hydrogen) atoms. The van der Waals surface area contributed by atoms with Gasteiger partial charge < -0.3 is 4.74 Å². The van der Waals surface area contributed by atoms with E-state index in [-0.39, 0.29) is 17.8 Å². The molecule has 1 aromatic carbocycles. The Balaban J connectivity index is 1.80. The van der Waals surface area contributed by atoms with Gasteiger partial charge >= 0.3 is 0 Å². The number of thioether (sulfide) groups is 1. The number of aromatic nitrogens is 2. The van der Waals surface area contributed by atoms with Crippen LogP contribution in [0.25, 0.3) is 0 Å². The smallest absolute Gasteiger partial charge is 0.250 e. The zero-order chi connectivity index (χ0) is 18.2. The van der Waals surface area contributed by atoms with Crippen LogP contribution in [0, 0.1) is 13.8 Å². The van der Waals surface area contributed by atoms with Gasteiger partial charge in [0.15, 0.2) is 5.16 Å². The van der Waals surface area contributed by atoms with E-state index < -0.39 is 0 Å². The Hall–Kier alpha value is -2.41. The molecule has 0 bridgehead atoms. The van der Waals surface area contributed by atoms with Crippen LogP contribution < -0.4 is 10.2 Å². The Kier molecular flexibility index (Phi) is 6.94. The summed E-state index contributed by atoms with van der Waals surface area (Å²) >= 11 is 1.29. The third-order valence-corrected chi connectivity index (χ3v) is 3.80. The average Bonchev–Trinajstić information content (AvgIpc) is 2.53. The van der Waals surface area contributed by atoms with Crippen molar-refractivity contribution in [2.45, 2.75) is 39.0 Å². The van der Waals surface area contributed by atoms with Crippen LogP contribution in [0.3, 0.4) is 0 Å². The summed E-state index contributed by atoms with van der Waals surface area (Å²) in [5.41, 5.74) is 5.15. The molecule has 1 heterocycles. The Morgan fingerprint density at radius 2 is 1.88 bits per heavy atom. The van der Waals surface area contributed by atoms with Crippen LogP contribution in [0.5, 0.6) is 5.75 Å². The molecule has 0 aliphatic rings. The van der Waals surface area contributed by atoms with E-state index in [0.717, 1.165) is 22.7 Å². The fourth-order valence-electron chi connectivity index (χ4n) is 2.00. The number of hydrazone groups is 1. The Morgan fingerprint density at radius 1 is 1.24 bits per heavy atom. The molecule has 6 nitrogen and oxygen atoms in total. The van der Waals surface area contributed by atoms with Gasteiger partial charge in [-0.1, -0.05) is 11.8 Å². The highest BCUT2D eigenvalue weighted by molar-refractivity contribution is 7.99. The predicted octanol–water partition coefficient (Wildman–Crippen LogP) is 3.12. The lowest BCUT2D eigenvalue weighted by atomic mass is 10.2. The van der Waals surface area contributed by atoms with Gasteiger partial charge in [-0.15, -0.1) is 0 Å². The summed E-state index contributed by atoms with van der Waals surface area (Å²) in [6, 6.07) is 9.40. The second-order valence-corrected chi connectivity index (χ2v) is 6.69. The lowest BCUT2D eigenvalue weighted by molar-refractivity contribution is -0.118. The summed E-state index contributed by atoms with van der Waals surface area (Å²) in [5, 5.41) is 4.55. The number of amides is 1. The zero-order valence-corrected chi connectivity index (χ0v) is 15.6. The zero-order valence-electron chi connectivity index (χ0n) is 14.8. The number of hydrogen-bond acceptors (Lipinski definition) is 6. The van der Waals surface area contributed by atoms with E-state index in [2.05, 4.69) is 20.5 Å². The largest absolute Gasteiger partial charge is 0.491 e. The first kappa shape index (κ1) is 18.9. The minimum Gasteiger partial charge on any atom is -0.491 e. The molecule has 0 spiro atoms. The topological polar surface area (TPSA) is 76.5 Å². The molecule has 1 amide bonds. The Morgan fingerprint density at radius 3 is 2.48 bits per heavy atom. The number of rotatable bonds is 7. The van der Waals surface area contributed by atoms with Gasteiger partial charge in [-0.2, -0.15) is 5.10 Å². The molecule has 2 aromatic rings. The van der Waals surface area contributed by atoms with E-state index in [4.69, 9.17) is 4.74 Å². The standard InChI is InChI=1S/C18H22N4O2S/c1-12(2)24-16-7-5-15(6-8-16)10-19-22-17(23)11-25-18-20-13(3)9-14(4)21-18/h5-10,12H,11H2,1-4H3,(H,22,23)/b19-10+. The van der Waals surface area contributed by atoms with Crippen molar-refractivity contribution >= 4 is 23.9 Å². The molecule has 1 aromatic heterocycles. The molecule has 0 unspecified atom stereocenters. The number of nitrogens with one attached hydrogen (secondary N) is 1. The molecule has 0 atom stereocenters. The second-order valence-electron chi connectivity index (χ2n) is 5.75. The summed E-state index contributed by atoms with van der Waals surface area (Å²) in [4.78, 5) is 20.4. The van der Waals surface area contributed by atoms with Crippen molar-refractivity contribution in [1.82, 2.24) is 15.4 Å².